The van der Waals surface area contributed by atoms with Crippen LogP contribution in [0.4, 0.5) is 5.82 Å². The number of nitrogens with zero attached hydrogens (tertiary/aromatic N) is 3. The van der Waals surface area contributed by atoms with Gasteiger partial charge in [-0.25, -0.2) is 9.97 Å². The van der Waals surface area contributed by atoms with Crippen molar-refractivity contribution in [3.63, 3.8) is 0 Å². The molecule has 0 radical (unpaired) electrons. The summed E-state index contributed by atoms with van der Waals surface area (Å²) in [6.07, 6.45) is 1.89. The number of piperidine rings is 1. The van der Waals surface area contributed by atoms with Crippen LogP contribution >= 0.6 is 0 Å². The van der Waals surface area contributed by atoms with E-state index >= 15 is 0 Å². The van der Waals surface area contributed by atoms with E-state index in [1.165, 1.54) is 5.56 Å². The molecule has 1 N–H and O–H groups in total. The summed E-state index contributed by atoms with van der Waals surface area (Å²) in [5.41, 5.74) is 3.31. The van der Waals surface area contributed by atoms with E-state index < -0.39 is 0 Å². The van der Waals surface area contributed by atoms with E-state index in [-0.39, 0.29) is 11.9 Å². The molecule has 126 valence electrons. The zero-order chi connectivity index (χ0) is 17.1. The maximum Gasteiger partial charge on any atom is 0.217 e. The van der Waals surface area contributed by atoms with Crippen molar-refractivity contribution in [3.8, 4) is 11.3 Å². The van der Waals surface area contributed by atoms with Crippen LogP contribution in [0.15, 0.2) is 30.3 Å². The second-order valence-electron chi connectivity index (χ2n) is 6.49. The molecule has 2 aromatic rings. The molecule has 1 aromatic carbocycles. The first-order valence-electron chi connectivity index (χ1n) is 8.46. The lowest BCUT2D eigenvalue weighted by molar-refractivity contribution is -0.119. The fraction of sp³-hybridized carbons (Fsp3) is 0.421. The maximum atomic E-state index is 11.2. The standard InChI is InChI=1S/C19H24N4O/c1-13-4-6-16(7-5-13)18-12-19(21-14(2)20-18)23-10-8-17(9-11-23)22-15(3)24/h4-7,12,17H,8-11H2,1-3H3,(H,22,24). The van der Waals surface area contributed by atoms with E-state index in [9.17, 15) is 4.79 Å². The van der Waals surface area contributed by atoms with Crippen LogP contribution in [0.1, 0.15) is 31.2 Å². The third kappa shape index (κ3) is 3.91. The molecule has 2 heterocycles. The summed E-state index contributed by atoms with van der Waals surface area (Å²) < 4.78 is 0. The SMILES string of the molecule is CC(=O)NC1CCN(c2cc(-c3ccc(C)cc3)nc(C)n2)CC1. The molecule has 1 saturated heterocycles. The number of aromatic nitrogens is 2. The molecule has 1 aliphatic rings. The van der Waals surface area contributed by atoms with Crippen molar-refractivity contribution in [1.29, 1.82) is 0 Å². The van der Waals surface area contributed by atoms with Crippen molar-refractivity contribution in [2.24, 2.45) is 0 Å². The lowest BCUT2D eigenvalue weighted by atomic mass is 10.0. The van der Waals surface area contributed by atoms with Gasteiger partial charge in [0, 0.05) is 37.7 Å². The molecule has 0 saturated carbocycles. The topological polar surface area (TPSA) is 58.1 Å². The van der Waals surface area contributed by atoms with Crippen molar-refractivity contribution in [1.82, 2.24) is 15.3 Å². The summed E-state index contributed by atoms with van der Waals surface area (Å²) in [6.45, 7) is 7.39. The Labute approximate surface area is 143 Å². The Morgan fingerprint density at radius 1 is 1.12 bits per heavy atom. The molecule has 24 heavy (non-hydrogen) atoms. The van der Waals surface area contributed by atoms with Gasteiger partial charge in [-0.15, -0.1) is 0 Å². The zero-order valence-corrected chi connectivity index (χ0v) is 14.5. The van der Waals surface area contributed by atoms with E-state index in [1.807, 2.05) is 6.92 Å². The molecule has 0 aliphatic carbocycles. The maximum absolute atomic E-state index is 11.2. The van der Waals surface area contributed by atoms with Crippen LogP contribution < -0.4 is 10.2 Å². The number of benzene rings is 1. The lowest BCUT2D eigenvalue weighted by Gasteiger charge is -2.33. The highest BCUT2D eigenvalue weighted by molar-refractivity contribution is 5.73. The van der Waals surface area contributed by atoms with Gasteiger partial charge in [-0.1, -0.05) is 29.8 Å². The molecule has 5 heteroatoms. The number of carbonyl (C=O) groups excluding carboxylic acids is 1. The fourth-order valence-corrected chi connectivity index (χ4v) is 3.13. The smallest absolute Gasteiger partial charge is 0.217 e. The van der Waals surface area contributed by atoms with Crippen LogP contribution in [-0.2, 0) is 4.79 Å². The Hall–Kier alpha value is -2.43. The quantitative estimate of drug-likeness (QED) is 0.943. The van der Waals surface area contributed by atoms with Crippen LogP contribution in [0.5, 0.6) is 0 Å². The number of rotatable bonds is 3. The Morgan fingerprint density at radius 3 is 2.42 bits per heavy atom. The second kappa shape index (κ2) is 6.99. The molecule has 1 amide bonds. The Kier molecular flexibility index (Phi) is 4.79. The van der Waals surface area contributed by atoms with Crippen LogP contribution in [0.2, 0.25) is 0 Å². The van der Waals surface area contributed by atoms with E-state index in [0.29, 0.717) is 0 Å². The molecule has 1 fully saturated rings. The number of hydrogen-bond acceptors (Lipinski definition) is 4. The number of anilines is 1. The zero-order valence-electron chi connectivity index (χ0n) is 14.5. The molecule has 0 unspecified atom stereocenters. The van der Waals surface area contributed by atoms with Gasteiger partial charge in [0.05, 0.1) is 5.69 Å². The largest absolute Gasteiger partial charge is 0.356 e. The van der Waals surface area contributed by atoms with E-state index in [1.54, 1.807) is 6.92 Å². The minimum atomic E-state index is 0.0491. The Bertz CT molecular complexity index is 719. The van der Waals surface area contributed by atoms with E-state index in [2.05, 4.69) is 57.4 Å². The van der Waals surface area contributed by atoms with Gasteiger partial charge >= 0.3 is 0 Å². The van der Waals surface area contributed by atoms with Gasteiger partial charge < -0.3 is 10.2 Å². The number of carbonyl (C=O) groups is 1. The average molecular weight is 324 g/mol. The van der Waals surface area contributed by atoms with Crippen molar-refractivity contribution in [3.05, 3.63) is 41.7 Å². The van der Waals surface area contributed by atoms with Gasteiger partial charge in [0.15, 0.2) is 0 Å². The number of hydrogen-bond donors (Lipinski definition) is 1. The van der Waals surface area contributed by atoms with Crippen LogP contribution in [0.25, 0.3) is 11.3 Å². The van der Waals surface area contributed by atoms with Gasteiger partial charge in [0.2, 0.25) is 5.91 Å². The predicted octanol–water partition coefficient (Wildman–Crippen LogP) is 2.87. The highest BCUT2D eigenvalue weighted by atomic mass is 16.1. The van der Waals surface area contributed by atoms with Crippen LogP contribution in [0, 0.1) is 13.8 Å². The first-order valence-corrected chi connectivity index (χ1v) is 8.46. The summed E-state index contributed by atoms with van der Waals surface area (Å²) in [6, 6.07) is 10.7. The number of aryl methyl sites for hydroxylation is 2. The van der Waals surface area contributed by atoms with Crippen molar-refractivity contribution in [2.45, 2.75) is 39.7 Å². The summed E-state index contributed by atoms with van der Waals surface area (Å²) in [5.74, 6) is 1.80. The molecule has 0 atom stereocenters. The monoisotopic (exact) mass is 324 g/mol. The molecule has 1 aliphatic heterocycles. The molecule has 5 nitrogen and oxygen atoms in total. The molecule has 1 aromatic heterocycles. The number of nitrogens with one attached hydrogen (secondary N) is 1. The summed E-state index contributed by atoms with van der Waals surface area (Å²) in [4.78, 5) is 22.7. The average Bonchev–Trinajstić information content (AvgIpc) is 2.55. The molecular formula is C19H24N4O. The van der Waals surface area contributed by atoms with E-state index in [4.69, 9.17) is 0 Å². The molecule has 0 spiro atoms. The van der Waals surface area contributed by atoms with Gasteiger partial charge in [-0.2, -0.15) is 0 Å². The van der Waals surface area contributed by atoms with Gasteiger partial charge in [0.1, 0.15) is 11.6 Å². The lowest BCUT2D eigenvalue weighted by Crippen LogP contribution is -2.44. The minimum absolute atomic E-state index is 0.0491. The fourth-order valence-electron chi connectivity index (χ4n) is 3.13. The van der Waals surface area contributed by atoms with Gasteiger partial charge in [-0.05, 0) is 26.7 Å². The Balaban J connectivity index is 1.77. The van der Waals surface area contributed by atoms with Gasteiger partial charge in [-0.3, -0.25) is 4.79 Å². The van der Waals surface area contributed by atoms with Crippen LogP contribution in [-0.4, -0.2) is 35.0 Å². The predicted molar refractivity (Wildman–Crippen MR) is 96.0 cm³/mol. The van der Waals surface area contributed by atoms with Crippen molar-refractivity contribution >= 4 is 11.7 Å². The van der Waals surface area contributed by atoms with Gasteiger partial charge in [0.25, 0.3) is 0 Å². The molecule has 0 bridgehead atoms. The molecular weight excluding hydrogens is 300 g/mol. The summed E-state index contributed by atoms with van der Waals surface area (Å²) >= 11 is 0. The first-order chi connectivity index (χ1) is 11.5. The minimum Gasteiger partial charge on any atom is -0.356 e. The summed E-state index contributed by atoms with van der Waals surface area (Å²) in [7, 11) is 0. The van der Waals surface area contributed by atoms with Crippen molar-refractivity contribution < 1.29 is 4.79 Å². The van der Waals surface area contributed by atoms with Crippen LogP contribution in [0.3, 0.4) is 0 Å². The third-order valence-electron chi connectivity index (χ3n) is 4.40. The molecule has 3 rings (SSSR count). The highest BCUT2D eigenvalue weighted by Gasteiger charge is 2.21. The highest BCUT2D eigenvalue weighted by Crippen LogP contribution is 2.24. The summed E-state index contributed by atoms with van der Waals surface area (Å²) in [5, 5.41) is 3.01. The van der Waals surface area contributed by atoms with Crippen molar-refractivity contribution in [2.75, 3.05) is 18.0 Å². The number of amides is 1. The second-order valence-corrected chi connectivity index (χ2v) is 6.49. The first kappa shape index (κ1) is 16.4. The van der Waals surface area contributed by atoms with E-state index in [0.717, 1.165) is 48.8 Å². The third-order valence-corrected chi connectivity index (χ3v) is 4.40. The normalized spacial score (nSPS) is 15.4. The Morgan fingerprint density at radius 2 is 1.79 bits per heavy atom.